The molecule has 6 nitrogen and oxygen atoms in total. The molecule has 2 aromatic carbocycles. The molecular formula is C26H30NO5+. The lowest BCUT2D eigenvalue weighted by Crippen LogP contribution is -2.62. The van der Waals surface area contributed by atoms with E-state index in [0.29, 0.717) is 5.57 Å². The summed E-state index contributed by atoms with van der Waals surface area (Å²) in [6.45, 7) is 6.75. The second kappa shape index (κ2) is 9.09. The van der Waals surface area contributed by atoms with Gasteiger partial charge in [-0.15, -0.1) is 4.48 Å². The number of rotatable bonds is 5. The molecule has 2 atom stereocenters. The van der Waals surface area contributed by atoms with Crippen LogP contribution in [0.1, 0.15) is 51.2 Å². The third kappa shape index (κ3) is 4.50. The standard InChI is InChI=1S/C26H29NO5/c1-5-27(25(31)32-26(2,3)4)22(24(29)30)17-20(23(27)28)16-21(18-12-8-6-9-13-18)19-14-10-7-11-15-19/h6-16,21-22H,5,17H2,1-4H3/p+1/b20-16+/t22-,27?/m0/s1. The lowest BCUT2D eigenvalue weighted by molar-refractivity contribution is -0.789. The summed E-state index contributed by atoms with van der Waals surface area (Å²) in [7, 11) is 0. The number of carboxylic acids is 1. The van der Waals surface area contributed by atoms with E-state index >= 15 is 0 Å². The number of carbonyl (C=O) groups is 3. The maximum atomic E-state index is 13.6. The first-order valence-electron chi connectivity index (χ1n) is 10.8. The maximum Gasteiger partial charge on any atom is 0.525 e. The van der Waals surface area contributed by atoms with Crippen LogP contribution in [0.5, 0.6) is 0 Å². The average Bonchev–Trinajstić information content (AvgIpc) is 3.04. The van der Waals surface area contributed by atoms with E-state index in [9.17, 15) is 19.5 Å². The Labute approximate surface area is 188 Å². The maximum absolute atomic E-state index is 13.6. The topological polar surface area (TPSA) is 80.7 Å². The number of quaternary nitrogens is 1. The van der Waals surface area contributed by atoms with Crippen molar-refractivity contribution in [3.05, 3.63) is 83.4 Å². The van der Waals surface area contributed by atoms with Crippen LogP contribution in [0, 0.1) is 0 Å². The monoisotopic (exact) mass is 436 g/mol. The van der Waals surface area contributed by atoms with E-state index in [2.05, 4.69) is 0 Å². The molecule has 6 heteroatoms. The van der Waals surface area contributed by atoms with E-state index in [1.165, 1.54) is 0 Å². The molecule has 0 spiro atoms. The van der Waals surface area contributed by atoms with Crippen LogP contribution in [-0.4, -0.2) is 45.7 Å². The van der Waals surface area contributed by atoms with Crippen molar-refractivity contribution in [1.29, 1.82) is 0 Å². The van der Waals surface area contributed by atoms with Crippen LogP contribution in [0.3, 0.4) is 0 Å². The molecule has 2 amide bonds. The van der Waals surface area contributed by atoms with Crippen LogP contribution in [-0.2, 0) is 14.3 Å². The highest BCUT2D eigenvalue weighted by atomic mass is 16.6. The second-order valence-corrected chi connectivity index (χ2v) is 9.02. The van der Waals surface area contributed by atoms with Gasteiger partial charge in [-0.2, -0.15) is 4.79 Å². The summed E-state index contributed by atoms with van der Waals surface area (Å²) < 4.78 is 4.64. The molecule has 1 N–H and O–H groups in total. The van der Waals surface area contributed by atoms with Crippen molar-refractivity contribution in [2.75, 3.05) is 6.54 Å². The summed E-state index contributed by atoms with van der Waals surface area (Å²) in [6, 6.07) is 18.2. The van der Waals surface area contributed by atoms with Crippen LogP contribution < -0.4 is 0 Å². The molecule has 2 aromatic rings. The summed E-state index contributed by atoms with van der Waals surface area (Å²) in [4.78, 5) is 38.9. The molecule has 1 heterocycles. The fraction of sp³-hybridized carbons (Fsp3) is 0.346. The first-order valence-corrected chi connectivity index (χ1v) is 10.8. The summed E-state index contributed by atoms with van der Waals surface area (Å²) >= 11 is 0. The third-order valence-electron chi connectivity index (χ3n) is 5.77. The highest BCUT2D eigenvalue weighted by Crippen LogP contribution is 2.38. The van der Waals surface area contributed by atoms with Crippen molar-refractivity contribution < 1.29 is 28.7 Å². The van der Waals surface area contributed by atoms with Crippen molar-refractivity contribution in [3.8, 4) is 0 Å². The minimum atomic E-state index is -1.22. The van der Waals surface area contributed by atoms with E-state index in [0.717, 1.165) is 11.1 Å². The molecular weight excluding hydrogens is 406 g/mol. The molecule has 32 heavy (non-hydrogen) atoms. The number of allylic oxidation sites excluding steroid dienone is 1. The SMILES string of the molecule is CC[N+]1(C(=O)OC(C)(C)C)C(=O)/C(=C/C(c2ccccc2)c2ccccc2)C[C@H]1C(=O)O. The number of imide groups is 1. The van der Waals surface area contributed by atoms with E-state index in [1.54, 1.807) is 27.7 Å². The highest BCUT2D eigenvalue weighted by molar-refractivity contribution is 6.00. The Hall–Kier alpha value is -3.25. The molecule has 168 valence electrons. The van der Waals surface area contributed by atoms with E-state index in [4.69, 9.17) is 4.74 Å². The fourth-order valence-electron chi connectivity index (χ4n) is 4.22. The fourth-order valence-corrected chi connectivity index (χ4v) is 4.22. The van der Waals surface area contributed by atoms with Crippen LogP contribution in [0.15, 0.2) is 72.3 Å². The van der Waals surface area contributed by atoms with Crippen LogP contribution in [0.4, 0.5) is 4.79 Å². The molecule has 0 bridgehead atoms. The van der Waals surface area contributed by atoms with Gasteiger partial charge in [-0.05, 0) is 38.8 Å². The van der Waals surface area contributed by atoms with Crippen molar-refractivity contribution >= 4 is 18.0 Å². The molecule has 0 saturated carbocycles. The summed E-state index contributed by atoms with van der Waals surface area (Å²) in [5.74, 6) is -1.95. The Kier molecular flexibility index (Phi) is 6.65. The number of ether oxygens (including phenoxy) is 1. The van der Waals surface area contributed by atoms with Gasteiger partial charge in [0.2, 0.25) is 6.04 Å². The first kappa shape index (κ1) is 23.4. The molecule has 0 aromatic heterocycles. The Morgan fingerprint density at radius 3 is 1.97 bits per heavy atom. The number of carboxylic acid groups (broad SMARTS) is 1. The van der Waals surface area contributed by atoms with Crippen molar-refractivity contribution in [2.45, 2.75) is 51.7 Å². The van der Waals surface area contributed by atoms with Crippen LogP contribution in [0.25, 0.3) is 0 Å². The number of likely N-dealkylation sites (tertiary alicyclic amines) is 1. The Morgan fingerprint density at radius 2 is 1.56 bits per heavy atom. The molecule has 1 fully saturated rings. The number of nitrogens with zero attached hydrogens (tertiary/aromatic N) is 1. The molecule has 1 unspecified atom stereocenters. The molecule has 0 radical (unpaired) electrons. The van der Waals surface area contributed by atoms with Crippen molar-refractivity contribution in [1.82, 2.24) is 0 Å². The van der Waals surface area contributed by atoms with Gasteiger partial charge in [-0.3, -0.25) is 0 Å². The summed E-state index contributed by atoms with van der Waals surface area (Å²) in [6.07, 6.45) is 0.956. The lowest BCUT2D eigenvalue weighted by Gasteiger charge is -2.32. The lowest BCUT2D eigenvalue weighted by atomic mass is 9.89. The zero-order valence-electron chi connectivity index (χ0n) is 18.9. The molecule has 0 aliphatic carbocycles. The number of hydrogen-bond acceptors (Lipinski definition) is 4. The number of carbonyl (C=O) groups excluding carboxylic acids is 2. The minimum absolute atomic E-state index is 0.00337. The first-order chi connectivity index (χ1) is 15.1. The molecule has 1 aliphatic rings. The molecule has 1 aliphatic heterocycles. The number of hydrogen-bond donors (Lipinski definition) is 1. The van der Waals surface area contributed by atoms with Gasteiger partial charge in [-0.25, -0.2) is 9.59 Å². The smallest absolute Gasteiger partial charge is 0.477 e. The van der Waals surface area contributed by atoms with Gasteiger partial charge < -0.3 is 9.84 Å². The number of aliphatic carboxylic acids is 1. The largest absolute Gasteiger partial charge is 0.525 e. The zero-order chi connectivity index (χ0) is 23.5. The van der Waals surface area contributed by atoms with E-state index in [-0.39, 0.29) is 18.9 Å². The van der Waals surface area contributed by atoms with E-state index < -0.39 is 34.1 Å². The molecule has 3 rings (SSSR count). The summed E-state index contributed by atoms with van der Waals surface area (Å²) in [5, 5.41) is 9.93. The number of amides is 2. The Balaban J connectivity index is 2.11. The summed E-state index contributed by atoms with van der Waals surface area (Å²) in [5.41, 5.74) is 1.45. The quantitative estimate of drug-likeness (QED) is 0.533. The minimum Gasteiger partial charge on any atom is -0.477 e. The van der Waals surface area contributed by atoms with E-state index in [1.807, 2.05) is 66.7 Å². The average molecular weight is 437 g/mol. The van der Waals surface area contributed by atoms with Gasteiger partial charge in [0.1, 0.15) is 5.60 Å². The van der Waals surface area contributed by atoms with Crippen LogP contribution in [0.2, 0.25) is 0 Å². The normalized spacial score (nSPS) is 22.3. The zero-order valence-corrected chi connectivity index (χ0v) is 18.9. The second-order valence-electron chi connectivity index (χ2n) is 9.02. The molecule has 1 saturated heterocycles. The number of benzene rings is 2. The van der Waals surface area contributed by atoms with Crippen molar-refractivity contribution in [2.24, 2.45) is 0 Å². The Morgan fingerprint density at radius 1 is 1.06 bits per heavy atom. The third-order valence-corrected chi connectivity index (χ3v) is 5.77. The predicted octanol–water partition coefficient (Wildman–Crippen LogP) is 4.90. The van der Waals surface area contributed by atoms with Crippen molar-refractivity contribution in [3.63, 3.8) is 0 Å². The Bertz CT molecular complexity index is 984. The van der Waals surface area contributed by atoms with Gasteiger partial charge in [0, 0.05) is 12.3 Å². The van der Waals surface area contributed by atoms with Gasteiger partial charge in [0.15, 0.2) is 0 Å². The van der Waals surface area contributed by atoms with Gasteiger partial charge in [0.05, 0.1) is 12.1 Å². The van der Waals surface area contributed by atoms with Gasteiger partial charge in [0.25, 0.3) is 0 Å². The highest BCUT2D eigenvalue weighted by Gasteiger charge is 2.62. The van der Waals surface area contributed by atoms with Gasteiger partial charge in [-0.1, -0.05) is 66.7 Å². The predicted molar refractivity (Wildman–Crippen MR) is 121 cm³/mol. The number of likely N-dealkylation sites (N-methyl/N-ethyl adjacent to an activating group) is 1. The van der Waals surface area contributed by atoms with Crippen LogP contribution >= 0.6 is 0 Å². The van der Waals surface area contributed by atoms with Gasteiger partial charge >= 0.3 is 18.0 Å².